The minimum atomic E-state index is -0.996. The SMILES string of the molecule is CC(C)C(=O)C(C/C(F)=C/COC(=O)NC(C)(C)C)C(=O)C(C)C. The molecule has 138 valence electrons. The van der Waals surface area contributed by atoms with Gasteiger partial charge in [0.05, 0.1) is 5.92 Å². The van der Waals surface area contributed by atoms with Crippen molar-refractivity contribution in [3.05, 3.63) is 11.9 Å². The second-order valence-electron chi connectivity index (χ2n) is 7.50. The summed E-state index contributed by atoms with van der Waals surface area (Å²) in [5, 5.41) is 2.58. The van der Waals surface area contributed by atoms with Crippen molar-refractivity contribution in [1.29, 1.82) is 0 Å². The number of amides is 1. The molecule has 0 aromatic heterocycles. The number of nitrogens with one attached hydrogen (secondary N) is 1. The Hall–Kier alpha value is -1.72. The summed E-state index contributed by atoms with van der Waals surface area (Å²) in [5.41, 5.74) is -0.447. The van der Waals surface area contributed by atoms with Gasteiger partial charge in [0.15, 0.2) is 0 Å². The molecule has 0 aliphatic rings. The average Bonchev–Trinajstić information content (AvgIpc) is 2.40. The average molecular weight is 343 g/mol. The molecule has 0 aromatic rings. The van der Waals surface area contributed by atoms with Crippen LogP contribution in [0.1, 0.15) is 54.9 Å². The molecule has 0 aromatic carbocycles. The number of carbonyl (C=O) groups excluding carboxylic acids is 3. The number of rotatable bonds is 8. The first-order valence-corrected chi connectivity index (χ1v) is 8.22. The number of carbonyl (C=O) groups is 3. The Bertz CT molecular complexity index is 470. The highest BCUT2D eigenvalue weighted by molar-refractivity contribution is 6.04. The second-order valence-corrected chi connectivity index (χ2v) is 7.50. The molecule has 1 N–H and O–H groups in total. The summed E-state index contributed by atoms with van der Waals surface area (Å²) in [5.74, 6) is -2.87. The molecule has 0 atom stereocenters. The first-order chi connectivity index (χ1) is 10.8. The molecule has 24 heavy (non-hydrogen) atoms. The monoisotopic (exact) mass is 343 g/mol. The molecule has 0 rings (SSSR count). The third-order valence-electron chi connectivity index (χ3n) is 3.22. The summed E-state index contributed by atoms with van der Waals surface area (Å²) in [6, 6.07) is 0. The molecule has 6 heteroatoms. The number of hydrogen-bond acceptors (Lipinski definition) is 4. The van der Waals surface area contributed by atoms with Gasteiger partial charge in [-0.15, -0.1) is 0 Å². The molecule has 0 saturated heterocycles. The highest BCUT2D eigenvalue weighted by Gasteiger charge is 2.30. The van der Waals surface area contributed by atoms with Gasteiger partial charge in [-0.3, -0.25) is 9.59 Å². The van der Waals surface area contributed by atoms with Crippen LogP contribution in [0.4, 0.5) is 9.18 Å². The molecule has 1 amide bonds. The summed E-state index contributed by atoms with van der Waals surface area (Å²) in [6.07, 6.45) is 0.133. The third kappa shape index (κ3) is 8.79. The van der Waals surface area contributed by atoms with Crippen molar-refractivity contribution in [2.75, 3.05) is 6.61 Å². The van der Waals surface area contributed by atoms with Crippen LogP contribution in [0.15, 0.2) is 11.9 Å². The fraction of sp³-hybridized carbons (Fsp3) is 0.722. The van der Waals surface area contributed by atoms with Crippen LogP contribution in [0.2, 0.25) is 0 Å². The molecule has 0 heterocycles. The van der Waals surface area contributed by atoms with Gasteiger partial charge in [0, 0.05) is 23.8 Å². The van der Waals surface area contributed by atoms with Crippen LogP contribution < -0.4 is 5.32 Å². The smallest absolute Gasteiger partial charge is 0.407 e. The molecule has 0 unspecified atom stereocenters. The van der Waals surface area contributed by atoms with Crippen LogP contribution in [0, 0.1) is 17.8 Å². The van der Waals surface area contributed by atoms with Crippen molar-refractivity contribution in [2.24, 2.45) is 17.8 Å². The lowest BCUT2D eigenvalue weighted by Crippen LogP contribution is -2.40. The van der Waals surface area contributed by atoms with Crippen LogP contribution in [-0.4, -0.2) is 29.8 Å². The van der Waals surface area contributed by atoms with Crippen molar-refractivity contribution >= 4 is 17.7 Å². The molecule has 0 fully saturated rings. The van der Waals surface area contributed by atoms with Gasteiger partial charge in [-0.1, -0.05) is 27.7 Å². The Morgan fingerprint density at radius 3 is 1.88 bits per heavy atom. The van der Waals surface area contributed by atoms with E-state index in [4.69, 9.17) is 4.74 Å². The van der Waals surface area contributed by atoms with Crippen molar-refractivity contribution in [3.8, 4) is 0 Å². The van der Waals surface area contributed by atoms with Gasteiger partial charge in [0.1, 0.15) is 24.0 Å². The number of hydrogen-bond donors (Lipinski definition) is 1. The zero-order chi connectivity index (χ0) is 19.1. The minimum absolute atomic E-state index is 0.258. The van der Waals surface area contributed by atoms with E-state index < -0.39 is 23.4 Å². The zero-order valence-corrected chi connectivity index (χ0v) is 15.7. The van der Waals surface area contributed by atoms with Crippen LogP contribution in [0.5, 0.6) is 0 Å². The second kappa shape index (κ2) is 9.55. The highest BCUT2D eigenvalue weighted by Crippen LogP contribution is 2.22. The molecule has 0 aliphatic heterocycles. The van der Waals surface area contributed by atoms with E-state index in [0.29, 0.717) is 0 Å². The Labute approximate surface area is 144 Å². The predicted molar refractivity (Wildman–Crippen MR) is 91.2 cm³/mol. The molecule has 0 spiro atoms. The zero-order valence-electron chi connectivity index (χ0n) is 15.7. The minimum Gasteiger partial charge on any atom is -0.445 e. The molecule has 0 aliphatic carbocycles. The first kappa shape index (κ1) is 22.3. The van der Waals surface area contributed by atoms with Crippen LogP contribution in [0.25, 0.3) is 0 Å². The van der Waals surface area contributed by atoms with Crippen molar-refractivity contribution in [2.45, 2.75) is 60.4 Å². The summed E-state index contributed by atoms with van der Waals surface area (Å²) in [4.78, 5) is 35.8. The maximum atomic E-state index is 14.0. The lowest BCUT2D eigenvalue weighted by molar-refractivity contribution is -0.136. The van der Waals surface area contributed by atoms with E-state index in [1.165, 1.54) is 0 Å². The molecule has 5 nitrogen and oxygen atoms in total. The lowest BCUT2D eigenvalue weighted by Gasteiger charge is -2.19. The van der Waals surface area contributed by atoms with E-state index in [0.717, 1.165) is 6.08 Å². The molecule has 0 radical (unpaired) electrons. The normalized spacial score (nSPS) is 12.7. The fourth-order valence-electron chi connectivity index (χ4n) is 1.97. The summed E-state index contributed by atoms with van der Waals surface area (Å²) in [7, 11) is 0. The quantitative estimate of drug-likeness (QED) is 0.680. The summed E-state index contributed by atoms with van der Waals surface area (Å²) >= 11 is 0. The molecule has 0 saturated carbocycles. The maximum absolute atomic E-state index is 14.0. The Balaban J connectivity index is 4.76. The van der Waals surface area contributed by atoms with Gasteiger partial charge < -0.3 is 10.1 Å². The third-order valence-corrected chi connectivity index (χ3v) is 3.22. The van der Waals surface area contributed by atoms with E-state index in [9.17, 15) is 18.8 Å². The standard InChI is InChI=1S/C18H30FNO4/c1-11(2)15(21)14(16(22)12(3)4)10-13(19)8-9-24-17(23)20-18(5,6)7/h8,11-12,14H,9-10H2,1-7H3,(H,20,23)/b13-8-. The number of allylic oxidation sites excluding steroid dienone is 1. The number of ketones is 2. The van der Waals surface area contributed by atoms with Gasteiger partial charge in [0.2, 0.25) is 0 Å². The van der Waals surface area contributed by atoms with Gasteiger partial charge in [-0.05, 0) is 26.8 Å². The van der Waals surface area contributed by atoms with Crippen LogP contribution >= 0.6 is 0 Å². The largest absolute Gasteiger partial charge is 0.445 e. The van der Waals surface area contributed by atoms with E-state index in [-0.39, 0.29) is 36.4 Å². The van der Waals surface area contributed by atoms with Crippen molar-refractivity contribution in [1.82, 2.24) is 5.32 Å². The summed E-state index contributed by atoms with van der Waals surface area (Å²) < 4.78 is 18.9. The van der Waals surface area contributed by atoms with Crippen LogP contribution in [-0.2, 0) is 14.3 Å². The fourth-order valence-corrected chi connectivity index (χ4v) is 1.97. The molecular weight excluding hydrogens is 313 g/mol. The van der Waals surface area contributed by atoms with Gasteiger partial charge in [0.25, 0.3) is 0 Å². The Morgan fingerprint density at radius 1 is 1.04 bits per heavy atom. The van der Waals surface area contributed by atoms with Gasteiger partial charge >= 0.3 is 6.09 Å². The van der Waals surface area contributed by atoms with Gasteiger partial charge in [-0.25, -0.2) is 9.18 Å². The Morgan fingerprint density at radius 2 is 1.50 bits per heavy atom. The Kier molecular flexibility index (Phi) is 8.86. The van der Waals surface area contributed by atoms with Crippen molar-refractivity contribution in [3.63, 3.8) is 0 Å². The molecular formula is C18H30FNO4. The van der Waals surface area contributed by atoms with Gasteiger partial charge in [-0.2, -0.15) is 0 Å². The first-order valence-electron chi connectivity index (χ1n) is 8.22. The highest BCUT2D eigenvalue weighted by atomic mass is 19.1. The van der Waals surface area contributed by atoms with Crippen LogP contribution in [0.3, 0.4) is 0 Å². The number of Topliss-reactive ketones (excluding diaryl/α,β-unsaturated/α-hetero) is 2. The summed E-state index contributed by atoms with van der Waals surface area (Å²) in [6.45, 7) is 11.9. The lowest BCUT2D eigenvalue weighted by atomic mass is 9.84. The number of halogens is 1. The topological polar surface area (TPSA) is 72.5 Å². The van der Waals surface area contributed by atoms with Crippen molar-refractivity contribution < 1.29 is 23.5 Å². The molecule has 0 bridgehead atoms. The van der Waals surface area contributed by atoms with E-state index in [1.54, 1.807) is 48.5 Å². The number of alkyl carbamates (subject to hydrolysis) is 1. The van der Waals surface area contributed by atoms with E-state index in [1.807, 2.05) is 0 Å². The van der Waals surface area contributed by atoms with E-state index in [2.05, 4.69) is 5.32 Å². The number of ether oxygens (including phenoxy) is 1. The maximum Gasteiger partial charge on any atom is 0.407 e. The van der Waals surface area contributed by atoms with E-state index >= 15 is 0 Å². The predicted octanol–water partition coefficient (Wildman–Crippen LogP) is 3.82.